The van der Waals surface area contributed by atoms with E-state index in [4.69, 9.17) is 4.74 Å². The molecule has 0 saturated carbocycles. The summed E-state index contributed by atoms with van der Waals surface area (Å²) < 4.78 is 5.30. The van der Waals surface area contributed by atoms with Crippen LogP contribution in [0.2, 0.25) is 0 Å². The third-order valence-corrected chi connectivity index (χ3v) is 2.61. The Morgan fingerprint density at radius 3 is 2.76 bits per heavy atom. The molecule has 1 aromatic heterocycles. The van der Waals surface area contributed by atoms with Crippen molar-refractivity contribution in [3.63, 3.8) is 0 Å². The highest BCUT2D eigenvalue weighted by molar-refractivity contribution is 5.88. The quantitative estimate of drug-likeness (QED) is 0.746. The maximum atomic E-state index is 11.9. The zero-order chi connectivity index (χ0) is 12.5. The van der Waals surface area contributed by atoms with E-state index in [-0.39, 0.29) is 5.92 Å². The molecule has 2 rings (SSSR count). The van der Waals surface area contributed by atoms with Crippen LogP contribution >= 0.6 is 0 Å². The second-order valence-corrected chi connectivity index (χ2v) is 5.25. The van der Waals surface area contributed by atoms with Crippen LogP contribution < -0.4 is 5.32 Å². The Morgan fingerprint density at radius 2 is 2.18 bits per heavy atom. The average Bonchev–Trinajstić information content (AvgIpc) is 2.85. The highest BCUT2D eigenvalue weighted by atomic mass is 16.6. The van der Waals surface area contributed by atoms with E-state index >= 15 is 0 Å². The number of carbonyl (C=O) groups is 1. The van der Waals surface area contributed by atoms with Crippen molar-refractivity contribution in [3.05, 3.63) is 11.4 Å². The molecule has 1 fully saturated rings. The molecule has 1 atom stereocenters. The summed E-state index contributed by atoms with van der Waals surface area (Å²) in [6.07, 6.45) is 0.975. The molecule has 2 N–H and O–H groups in total. The number of carbonyl (C=O) groups excluding carboxylic acids is 1. The smallest absolute Gasteiger partial charge is 0.361 e. The summed E-state index contributed by atoms with van der Waals surface area (Å²) in [4.78, 5) is 11.9. The van der Waals surface area contributed by atoms with Crippen molar-refractivity contribution < 1.29 is 9.53 Å². The van der Waals surface area contributed by atoms with Gasteiger partial charge in [0.1, 0.15) is 11.3 Å². The lowest BCUT2D eigenvalue weighted by atomic mass is 10.0. The number of ether oxygens (including phenoxy) is 1. The molecule has 1 saturated heterocycles. The lowest BCUT2D eigenvalue weighted by Crippen LogP contribution is -2.25. The van der Waals surface area contributed by atoms with Crippen molar-refractivity contribution in [1.82, 2.24) is 20.7 Å². The number of nitrogens with one attached hydrogen (secondary N) is 2. The van der Waals surface area contributed by atoms with Crippen LogP contribution in [0, 0.1) is 0 Å². The molecule has 0 spiro atoms. The first-order chi connectivity index (χ1) is 7.97. The van der Waals surface area contributed by atoms with Crippen LogP contribution in [0.4, 0.5) is 0 Å². The number of H-pyrrole nitrogens is 1. The Bertz CT molecular complexity index is 402. The first kappa shape index (κ1) is 12.0. The summed E-state index contributed by atoms with van der Waals surface area (Å²) in [6.45, 7) is 7.29. The van der Waals surface area contributed by atoms with Gasteiger partial charge in [0.15, 0.2) is 5.69 Å². The van der Waals surface area contributed by atoms with E-state index in [0.717, 1.165) is 19.5 Å². The summed E-state index contributed by atoms with van der Waals surface area (Å²) >= 11 is 0. The SMILES string of the molecule is CC(C)(C)OC(=O)c1n[nH]nc1C1CCNC1. The first-order valence-electron chi connectivity index (χ1n) is 5.82. The van der Waals surface area contributed by atoms with E-state index in [0.29, 0.717) is 11.4 Å². The van der Waals surface area contributed by atoms with Gasteiger partial charge in [0.2, 0.25) is 0 Å². The van der Waals surface area contributed by atoms with Gasteiger partial charge < -0.3 is 10.1 Å². The van der Waals surface area contributed by atoms with Gasteiger partial charge in [-0.1, -0.05) is 0 Å². The van der Waals surface area contributed by atoms with E-state index in [9.17, 15) is 4.79 Å². The fourth-order valence-corrected chi connectivity index (χ4v) is 1.89. The van der Waals surface area contributed by atoms with Crippen molar-refractivity contribution >= 4 is 5.97 Å². The van der Waals surface area contributed by atoms with E-state index in [1.54, 1.807) is 0 Å². The van der Waals surface area contributed by atoms with Crippen molar-refractivity contribution in [2.24, 2.45) is 0 Å². The van der Waals surface area contributed by atoms with Crippen LogP contribution in [0.5, 0.6) is 0 Å². The lowest BCUT2D eigenvalue weighted by Gasteiger charge is -2.19. The van der Waals surface area contributed by atoms with Crippen LogP contribution in [0.3, 0.4) is 0 Å². The van der Waals surface area contributed by atoms with Gasteiger partial charge in [-0.15, -0.1) is 5.10 Å². The normalized spacial score (nSPS) is 20.5. The molecule has 94 valence electrons. The van der Waals surface area contributed by atoms with E-state index < -0.39 is 11.6 Å². The number of aromatic amines is 1. The fourth-order valence-electron chi connectivity index (χ4n) is 1.89. The van der Waals surface area contributed by atoms with Crippen LogP contribution in [-0.2, 0) is 4.74 Å². The molecule has 0 amide bonds. The Morgan fingerprint density at radius 1 is 1.41 bits per heavy atom. The van der Waals surface area contributed by atoms with Crippen LogP contribution in [-0.4, -0.2) is 40.1 Å². The Balaban J connectivity index is 2.15. The van der Waals surface area contributed by atoms with Gasteiger partial charge in [-0.05, 0) is 33.7 Å². The first-order valence-corrected chi connectivity index (χ1v) is 5.82. The molecular weight excluding hydrogens is 220 g/mol. The molecule has 1 aromatic rings. The van der Waals surface area contributed by atoms with Gasteiger partial charge in [0.05, 0.1) is 0 Å². The van der Waals surface area contributed by atoms with Crippen LogP contribution in [0.25, 0.3) is 0 Å². The predicted octanol–water partition coefficient (Wildman–Crippen LogP) is 0.837. The van der Waals surface area contributed by atoms with E-state index in [2.05, 4.69) is 20.7 Å². The number of rotatable bonds is 2. The largest absolute Gasteiger partial charge is 0.455 e. The molecule has 1 aliphatic rings. The molecule has 2 heterocycles. The van der Waals surface area contributed by atoms with Gasteiger partial charge in [-0.2, -0.15) is 10.3 Å². The minimum Gasteiger partial charge on any atom is -0.455 e. The maximum Gasteiger partial charge on any atom is 0.361 e. The van der Waals surface area contributed by atoms with Crippen LogP contribution in [0.1, 0.15) is 49.3 Å². The van der Waals surface area contributed by atoms with E-state index in [1.165, 1.54) is 0 Å². The zero-order valence-electron chi connectivity index (χ0n) is 10.4. The van der Waals surface area contributed by atoms with Crippen molar-refractivity contribution in [3.8, 4) is 0 Å². The number of hydrogen-bond acceptors (Lipinski definition) is 5. The molecular formula is C11H18N4O2. The summed E-state index contributed by atoms with van der Waals surface area (Å²) in [6, 6.07) is 0. The van der Waals surface area contributed by atoms with Gasteiger partial charge in [-0.25, -0.2) is 4.79 Å². The van der Waals surface area contributed by atoms with Crippen molar-refractivity contribution in [2.75, 3.05) is 13.1 Å². The zero-order valence-corrected chi connectivity index (χ0v) is 10.4. The van der Waals surface area contributed by atoms with Crippen molar-refractivity contribution in [2.45, 2.75) is 38.7 Å². The molecule has 0 aromatic carbocycles. The summed E-state index contributed by atoms with van der Waals surface area (Å²) in [5.74, 6) is -0.163. The third kappa shape index (κ3) is 2.82. The molecule has 17 heavy (non-hydrogen) atoms. The number of aromatic nitrogens is 3. The maximum absolute atomic E-state index is 11.9. The van der Waals surface area contributed by atoms with Gasteiger partial charge in [0, 0.05) is 12.5 Å². The molecule has 6 heteroatoms. The van der Waals surface area contributed by atoms with Crippen LogP contribution in [0.15, 0.2) is 0 Å². The number of esters is 1. The highest BCUT2D eigenvalue weighted by Crippen LogP contribution is 2.23. The fraction of sp³-hybridized carbons (Fsp3) is 0.727. The average molecular weight is 238 g/mol. The molecule has 6 nitrogen and oxygen atoms in total. The second kappa shape index (κ2) is 4.44. The van der Waals surface area contributed by atoms with E-state index in [1.807, 2.05) is 20.8 Å². The molecule has 1 unspecified atom stereocenters. The second-order valence-electron chi connectivity index (χ2n) is 5.25. The minimum absolute atomic E-state index is 0.247. The third-order valence-electron chi connectivity index (χ3n) is 2.61. The molecule has 1 aliphatic heterocycles. The topological polar surface area (TPSA) is 79.9 Å². The summed E-state index contributed by atoms with van der Waals surface area (Å²) in [5, 5.41) is 13.7. The highest BCUT2D eigenvalue weighted by Gasteiger charge is 2.29. The Kier molecular flexibility index (Phi) is 3.15. The molecule has 0 bridgehead atoms. The minimum atomic E-state index is -0.513. The Hall–Kier alpha value is -1.43. The van der Waals surface area contributed by atoms with Gasteiger partial charge in [0.25, 0.3) is 0 Å². The lowest BCUT2D eigenvalue weighted by molar-refractivity contribution is 0.00611. The standard InChI is InChI=1S/C11H18N4O2/c1-11(2,3)17-10(16)9-8(13-15-14-9)7-4-5-12-6-7/h7,12H,4-6H2,1-3H3,(H,13,14,15). The molecule has 0 aliphatic carbocycles. The number of nitrogens with zero attached hydrogens (tertiary/aromatic N) is 2. The summed E-state index contributed by atoms with van der Waals surface area (Å²) in [5.41, 5.74) is 0.513. The Labute approximate surface area is 100 Å². The predicted molar refractivity (Wildman–Crippen MR) is 61.8 cm³/mol. The van der Waals surface area contributed by atoms with Gasteiger partial charge >= 0.3 is 5.97 Å². The molecule has 0 radical (unpaired) electrons. The summed E-state index contributed by atoms with van der Waals surface area (Å²) in [7, 11) is 0. The number of hydrogen-bond donors (Lipinski definition) is 2. The van der Waals surface area contributed by atoms with Gasteiger partial charge in [-0.3, -0.25) is 0 Å². The monoisotopic (exact) mass is 238 g/mol. The van der Waals surface area contributed by atoms with Crippen molar-refractivity contribution in [1.29, 1.82) is 0 Å².